The van der Waals surface area contributed by atoms with Gasteiger partial charge in [-0.05, 0) is 5.41 Å². The summed E-state index contributed by atoms with van der Waals surface area (Å²) in [7, 11) is 1.58. The third-order valence-electron chi connectivity index (χ3n) is 5.83. The summed E-state index contributed by atoms with van der Waals surface area (Å²) in [4.78, 5) is 37.4. The van der Waals surface area contributed by atoms with E-state index in [1.165, 1.54) is 0 Å². The Morgan fingerprint density at radius 2 is 1.94 bits per heavy atom. The zero-order valence-corrected chi connectivity index (χ0v) is 20.3. The van der Waals surface area contributed by atoms with Gasteiger partial charge in [0.1, 0.15) is 16.9 Å². The SMILES string of the molecule is CNC(=O)C(NC(=O)c1nc(-c2ccccc2)n2c1CN(Cc1nccs1)CC2)C(C)(C)C. The first-order chi connectivity index (χ1) is 15.8. The maximum Gasteiger partial charge on any atom is 0.272 e. The van der Waals surface area contributed by atoms with Gasteiger partial charge in [0.25, 0.3) is 5.91 Å². The molecule has 0 saturated carbocycles. The van der Waals surface area contributed by atoms with Gasteiger partial charge in [-0.15, -0.1) is 11.3 Å². The van der Waals surface area contributed by atoms with Gasteiger partial charge >= 0.3 is 0 Å². The Kier molecular flexibility index (Phi) is 6.62. The van der Waals surface area contributed by atoms with Gasteiger partial charge < -0.3 is 15.2 Å². The molecule has 1 unspecified atom stereocenters. The minimum atomic E-state index is -0.678. The van der Waals surface area contributed by atoms with Crippen LogP contribution in [0.1, 0.15) is 42.0 Å². The van der Waals surface area contributed by atoms with Gasteiger partial charge in [-0.25, -0.2) is 9.97 Å². The monoisotopic (exact) mass is 466 g/mol. The van der Waals surface area contributed by atoms with Crippen molar-refractivity contribution in [3.8, 4) is 11.4 Å². The molecule has 0 bridgehead atoms. The summed E-state index contributed by atoms with van der Waals surface area (Å²) in [5.41, 5.74) is 1.74. The lowest BCUT2D eigenvalue weighted by atomic mass is 9.86. The Hall–Kier alpha value is -3.04. The van der Waals surface area contributed by atoms with Crippen LogP contribution in [0.5, 0.6) is 0 Å². The summed E-state index contributed by atoms with van der Waals surface area (Å²) in [5, 5.41) is 8.62. The first-order valence-corrected chi connectivity index (χ1v) is 11.9. The van der Waals surface area contributed by atoms with Gasteiger partial charge in [0.05, 0.1) is 12.2 Å². The number of fused-ring (bicyclic) bond motifs is 1. The van der Waals surface area contributed by atoms with Gasteiger partial charge in [0, 0.05) is 43.8 Å². The zero-order valence-electron chi connectivity index (χ0n) is 19.5. The topological polar surface area (TPSA) is 92.2 Å². The van der Waals surface area contributed by atoms with E-state index in [2.05, 4.69) is 25.1 Å². The minimum Gasteiger partial charge on any atom is -0.357 e. The number of carbonyl (C=O) groups is 2. The highest BCUT2D eigenvalue weighted by molar-refractivity contribution is 7.09. The Labute approximate surface area is 198 Å². The molecule has 1 aliphatic rings. The molecule has 4 rings (SSSR count). The summed E-state index contributed by atoms with van der Waals surface area (Å²) in [5.74, 6) is 0.218. The summed E-state index contributed by atoms with van der Waals surface area (Å²) in [6, 6.07) is 9.22. The van der Waals surface area contributed by atoms with E-state index < -0.39 is 11.5 Å². The van der Waals surface area contributed by atoms with Crippen LogP contribution in [0.2, 0.25) is 0 Å². The number of rotatable bonds is 6. The first kappa shape index (κ1) is 23.1. The maximum atomic E-state index is 13.5. The molecule has 8 nitrogen and oxygen atoms in total. The summed E-state index contributed by atoms with van der Waals surface area (Å²) in [6.45, 7) is 8.68. The molecule has 1 aromatic carbocycles. The van der Waals surface area contributed by atoms with E-state index in [1.54, 1.807) is 18.4 Å². The van der Waals surface area contributed by atoms with Crippen LogP contribution in [0.3, 0.4) is 0 Å². The number of thiazole rings is 1. The number of amides is 2. The molecule has 174 valence electrons. The van der Waals surface area contributed by atoms with Crippen molar-refractivity contribution >= 4 is 23.2 Å². The second kappa shape index (κ2) is 9.44. The molecule has 0 spiro atoms. The van der Waals surface area contributed by atoms with E-state index in [0.29, 0.717) is 12.2 Å². The van der Waals surface area contributed by atoms with Crippen LogP contribution in [-0.4, -0.2) is 50.9 Å². The Morgan fingerprint density at radius 3 is 2.58 bits per heavy atom. The number of carbonyl (C=O) groups excluding carboxylic acids is 2. The number of aromatic nitrogens is 3. The number of nitrogens with one attached hydrogen (secondary N) is 2. The molecule has 2 aromatic heterocycles. The van der Waals surface area contributed by atoms with Crippen LogP contribution in [0.25, 0.3) is 11.4 Å². The van der Waals surface area contributed by atoms with Crippen molar-refractivity contribution in [2.45, 2.75) is 46.4 Å². The fourth-order valence-electron chi connectivity index (χ4n) is 4.09. The number of nitrogens with zero attached hydrogens (tertiary/aromatic N) is 4. The molecular weight excluding hydrogens is 436 g/mol. The highest BCUT2D eigenvalue weighted by Gasteiger charge is 2.35. The molecule has 2 amide bonds. The van der Waals surface area contributed by atoms with E-state index in [9.17, 15) is 9.59 Å². The second-order valence-corrected chi connectivity index (χ2v) is 10.3. The average molecular weight is 467 g/mol. The predicted octanol–water partition coefficient (Wildman–Crippen LogP) is 2.91. The van der Waals surface area contributed by atoms with Crippen molar-refractivity contribution in [1.29, 1.82) is 0 Å². The lowest BCUT2D eigenvalue weighted by molar-refractivity contribution is -0.124. The largest absolute Gasteiger partial charge is 0.357 e. The van der Waals surface area contributed by atoms with Crippen LogP contribution in [0.15, 0.2) is 41.9 Å². The third-order valence-corrected chi connectivity index (χ3v) is 6.59. The molecule has 0 fully saturated rings. The van der Waals surface area contributed by atoms with Gasteiger partial charge in [-0.3, -0.25) is 14.5 Å². The minimum absolute atomic E-state index is 0.224. The van der Waals surface area contributed by atoms with Crippen molar-refractivity contribution in [3.05, 3.63) is 58.3 Å². The van der Waals surface area contributed by atoms with Crippen molar-refractivity contribution in [2.75, 3.05) is 13.6 Å². The molecule has 0 aliphatic carbocycles. The number of likely N-dealkylation sites (N-methyl/N-ethyl adjacent to an activating group) is 1. The van der Waals surface area contributed by atoms with Crippen LogP contribution < -0.4 is 10.6 Å². The van der Waals surface area contributed by atoms with E-state index in [-0.39, 0.29) is 11.8 Å². The van der Waals surface area contributed by atoms with E-state index in [4.69, 9.17) is 4.98 Å². The van der Waals surface area contributed by atoms with E-state index >= 15 is 0 Å². The summed E-state index contributed by atoms with van der Waals surface area (Å²) in [6.07, 6.45) is 1.81. The molecule has 1 aliphatic heterocycles. The van der Waals surface area contributed by atoms with Crippen LogP contribution in [-0.2, 0) is 24.4 Å². The van der Waals surface area contributed by atoms with Crippen LogP contribution in [0.4, 0.5) is 0 Å². The highest BCUT2D eigenvalue weighted by Crippen LogP contribution is 2.28. The fraction of sp³-hybridized carbons (Fsp3) is 0.417. The van der Waals surface area contributed by atoms with E-state index in [0.717, 1.165) is 41.7 Å². The van der Waals surface area contributed by atoms with E-state index in [1.807, 2.05) is 62.7 Å². The smallest absolute Gasteiger partial charge is 0.272 e. The Morgan fingerprint density at radius 1 is 1.18 bits per heavy atom. The summed E-state index contributed by atoms with van der Waals surface area (Å²) < 4.78 is 2.13. The van der Waals surface area contributed by atoms with Gasteiger partial charge in [-0.1, -0.05) is 51.1 Å². The number of imidazole rings is 1. The maximum absolute atomic E-state index is 13.5. The standard InChI is InChI=1S/C24H30N6O2S/c1-24(2,3)20(23(32)25-4)28-22(31)19-17-14-29(15-18-26-10-13-33-18)11-12-30(17)21(27-19)16-8-6-5-7-9-16/h5-10,13,20H,11-12,14-15H2,1-4H3,(H,25,32)(H,28,31). The third kappa shape index (κ3) is 4.99. The highest BCUT2D eigenvalue weighted by atomic mass is 32.1. The van der Waals surface area contributed by atoms with Gasteiger partial charge in [-0.2, -0.15) is 0 Å². The average Bonchev–Trinajstić information content (AvgIpc) is 3.44. The molecule has 33 heavy (non-hydrogen) atoms. The van der Waals surface area contributed by atoms with Crippen molar-refractivity contribution in [1.82, 2.24) is 30.1 Å². The molecule has 0 radical (unpaired) electrons. The van der Waals surface area contributed by atoms with Gasteiger partial charge in [0.15, 0.2) is 5.69 Å². The fourth-order valence-corrected chi connectivity index (χ4v) is 4.74. The molecule has 1 atom stereocenters. The molecule has 9 heteroatoms. The lowest BCUT2D eigenvalue weighted by Gasteiger charge is -2.30. The lowest BCUT2D eigenvalue weighted by Crippen LogP contribution is -2.53. The van der Waals surface area contributed by atoms with Crippen molar-refractivity contribution < 1.29 is 9.59 Å². The molecule has 3 heterocycles. The number of benzene rings is 1. The first-order valence-electron chi connectivity index (χ1n) is 11.1. The molecule has 2 N–H and O–H groups in total. The normalized spacial score (nSPS) is 15.0. The second-order valence-electron chi connectivity index (χ2n) is 9.27. The number of hydrogen-bond acceptors (Lipinski definition) is 6. The number of hydrogen-bond donors (Lipinski definition) is 2. The Bertz CT molecular complexity index is 1120. The quantitative estimate of drug-likeness (QED) is 0.583. The van der Waals surface area contributed by atoms with Crippen LogP contribution in [0, 0.1) is 5.41 Å². The predicted molar refractivity (Wildman–Crippen MR) is 129 cm³/mol. The van der Waals surface area contributed by atoms with Crippen molar-refractivity contribution in [3.63, 3.8) is 0 Å². The molecular formula is C24H30N6O2S. The van der Waals surface area contributed by atoms with Gasteiger partial charge in [0.2, 0.25) is 5.91 Å². The summed E-state index contributed by atoms with van der Waals surface area (Å²) >= 11 is 1.63. The van der Waals surface area contributed by atoms with Crippen molar-refractivity contribution in [2.24, 2.45) is 5.41 Å². The molecule has 3 aromatic rings. The zero-order chi connectivity index (χ0) is 23.6. The molecule has 0 saturated heterocycles. The Balaban J connectivity index is 1.69. The van der Waals surface area contributed by atoms with Crippen LogP contribution >= 0.6 is 11.3 Å².